The van der Waals surface area contributed by atoms with Crippen LogP contribution in [-0.4, -0.2) is 9.97 Å². The van der Waals surface area contributed by atoms with E-state index in [2.05, 4.69) is 41.3 Å². The zero-order valence-electron chi connectivity index (χ0n) is 14.9. The minimum Gasteiger partial charge on any atom is -0.345 e. The minimum atomic E-state index is -0.250. The van der Waals surface area contributed by atoms with Crippen LogP contribution in [-0.2, 0) is 0 Å². The number of nitriles is 3. The third kappa shape index (κ3) is 3.63. The van der Waals surface area contributed by atoms with Gasteiger partial charge in [-0.2, -0.15) is 15.8 Å². The molecule has 0 bridgehead atoms. The summed E-state index contributed by atoms with van der Waals surface area (Å²) in [5.41, 5.74) is 4.32. The summed E-state index contributed by atoms with van der Waals surface area (Å²) in [5.74, 6) is 1.20. The predicted molar refractivity (Wildman–Crippen MR) is 103 cm³/mol. The molecule has 27 heavy (non-hydrogen) atoms. The lowest BCUT2D eigenvalue weighted by atomic mass is 10.0. The van der Waals surface area contributed by atoms with Gasteiger partial charge in [-0.25, -0.2) is 4.98 Å². The van der Waals surface area contributed by atoms with Crippen LogP contribution in [0.3, 0.4) is 0 Å². The van der Waals surface area contributed by atoms with E-state index in [9.17, 15) is 0 Å². The summed E-state index contributed by atoms with van der Waals surface area (Å²) in [5, 5.41) is 29.7. The number of fused-ring (bicyclic) bond motifs is 1. The lowest BCUT2D eigenvalue weighted by molar-refractivity contribution is 0.868. The van der Waals surface area contributed by atoms with Crippen molar-refractivity contribution in [3.8, 4) is 29.6 Å². The number of aromatic amines is 1. The van der Waals surface area contributed by atoms with Crippen molar-refractivity contribution < 1.29 is 0 Å². The molecule has 0 aliphatic rings. The Bertz CT molecular complexity index is 1130. The number of imidazole rings is 1. The first-order chi connectivity index (χ1) is 13.0. The molecule has 0 radical (unpaired) electrons. The molecule has 0 atom stereocenters. The fourth-order valence-electron chi connectivity index (χ4n) is 2.66. The van der Waals surface area contributed by atoms with Gasteiger partial charge in [0.25, 0.3) is 0 Å². The van der Waals surface area contributed by atoms with Crippen molar-refractivity contribution in [2.24, 2.45) is 0 Å². The van der Waals surface area contributed by atoms with Crippen LogP contribution in [0.1, 0.15) is 25.3 Å². The van der Waals surface area contributed by atoms with E-state index in [0.717, 1.165) is 22.4 Å². The van der Waals surface area contributed by atoms with Gasteiger partial charge in [0.05, 0.1) is 11.0 Å². The summed E-state index contributed by atoms with van der Waals surface area (Å²) in [4.78, 5) is 7.96. The molecule has 0 fully saturated rings. The zero-order valence-corrected chi connectivity index (χ0v) is 14.9. The highest BCUT2D eigenvalue weighted by Crippen LogP contribution is 2.25. The van der Waals surface area contributed by atoms with E-state index in [1.165, 1.54) is 5.56 Å². The van der Waals surface area contributed by atoms with Crippen LogP contribution in [0.2, 0.25) is 0 Å². The Morgan fingerprint density at radius 2 is 1.70 bits per heavy atom. The van der Waals surface area contributed by atoms with Crippen molar-refractivity contribution in [2.75, 3.05) is 5.32 Å². The molecule has 0 amide bonds. The molecule has 1 aromatic heterocycles. The Morgan fingerprint density at radius 1 is 1.00 bits per heavy atom. The molecule has 2 aromatic carbocycles. The van der Waals surface area contributed by atoms with E-state index in [4.69, 9.17) is 15.8 Å². The van der Waals surface area contributed by atoms with Crippen molar-refractivity contribution in [1.82, 2.24) is 9.97 Å². The number of H-pyrrole nitrogens is 1. The summed E-state index contributed by atoms with van der Waals surface area (Å²) < 4.78 is 0. The van der Waals surface area contributed by atoms with Gasteiger partial charge >= 0.3 is 0 Å². The molecule has 3 aromatic rings. The maximum absolute atomic E-state index is 9.11. The van der Waals surface area contributed by atoms with Gasteiger partial charge in [-0.05, 0) is 47.9 Å². The van der Waals surface area contributed by atoms with E-state index in [-0.39, 0.29) is 11.3 Å². The fourth-order valence-corrected chi connectivity index (χ4v) is 2.66. The summed E-state index contributed by atoms with van der Waals surface area (Å²) in [7, 11) is 0. The highest BCUT2D eigenvalue weighted by Gasteiger charge is 2.09. The monoisotopic (exact) mass is 352 g/mol. The largest absolute Gasteiger partial charge is 0.345 e. The molecule has 0 aliphatic heterocycles. The number of hydrogen-bond donors (Lipinski definition) is 2. The third-order valence-corrected chi connectivity index (χ3v) is 4.19. The normalized spacial score (nSPS) is 10.1. The molecule has 0 spiro atoms. The Balaban J connectivity index is 1.89. The first-order valence-electron chi connectivity index (χ1n) is 8.37. The maximum atomic E-state index is 9.11. The Morgan fingerprint density at radius 3 is 2.30 bits per heavy atom. The Hall–Kier alpha value is -4.08. The van der Waals surface area contributed by atoms with Crippen LogP contribution in [0.15, 0.2) is 53.7 Å². The van der Waals surface area contributed by atoms with Gasteiger partial charge in [0.15, 0.2) is 5.57 Å². The molecule has 6 nitrogen and oxygen atoms in total. The van der Waals surface area contributed by atoms with Crippen LogP contribution in [0.5, 0.6) is 0 Å². The van der Waals surface area contributed by atoms with Gasteiger partial charge in [-0.1, -0.05) is 19.9 Å². The van der Waals surface area contributed by atoms with Crippen LogP contribution in [0, 0.1) is 34.0 Å². The molecule has 0 saturated heterocycles. The summed E-state index contributed by atoms with van der Waals surface area (Å²) in [6.07, 6.45) is 0. The maximum Gasteiger partial charge on any atom is 0.163 e. The lowest BCUT2D eigenvalue weighted by Crippen LogP contribution is -2.00. The molecule has 2 N–H and O–H groups in total. The second-order valence-electron chi connectivity index (χ2n) is 6.30. The van der Waals surface area contributed by atoms with Crippen molar-refractivity contribution in [3.05, 3.63) is 59.3 Å². The number of benzene rings is 2. The first-order valence-corrected chi connectivity index (χ1v) is 8.37. The molecule has 6 heteroatoms. The Kier molecular flexibility index (Phi) is 4.88. The number of aromatic nitrogens is 2. The smallest absolute Gasteiger partial charge is 0.163 e. The van der Waals surface area contributed by atoms with E-state index in [1.807, 2.05) is 24.3 Å². The molecular weight excluding hydrogens is 336 g/mol. The van der Waals surface area contributed by atoms with Crippen LogP contribution >= 0.6 is 0 Å². The van der Waals surface area contributed by atoms with E-state index >= 15 is 0 Å². The SMILES string of the molecule is CC(C)c1ccc2nc(-c3ccc(NC(C#N)=C(C#N)C#N)cc3)[nH]c2c1. The number of hydrogen-bond acceptors (Lipinski definition) is 5. The van der Waals surface area contributed by atoms with Crippen molar-refractivity contribution in [1.29, 1.82) is 15.8 Å². The highest BCUT2D eigenvalue weighted by atomic mass is 14.9. The quantitative estimate of drug-likeness (QED) is 0.667. The summed E-state index contributed by atoms with van der Waals surface area (Å²) >= 11 is 0. The minimum absolute atomic E-state index is 0.0716. The van der Waals surface area contributed by atoms with Gasteiger partial charge in [-0.3, -0.25) is 0 Å². The highest BCUT2D eigenvalue weighted by molar-refractivity contribution is 5.80. The number of rotatable bonds is 4. The number of allylic oxidation sites excluding steroid dienone is 2. The van der Waals surface area contributed by atoms with Gasteiger partial charge in [0.2, 0.25) is 0 Å². The van der Waals surface area contributed by atoms with Crippen LogP contribution < -0.4 is 5.32 Å². The zero-order chi connectivity index (χ0) is 19.4. The van der Waals surface area contributed by atoms with E-state index in [0.29, 0.717) is 11.6 Å². The van der Waals surface area contributed by atoms with E-state index in [1.54, 1.807) is 24.3 Å². The standard InChI is InChI=1S/C21H16N6/c1-13(2)15-5-8-18-19(9-15)27-21(26-18)14-3-6-17(7-4-14)25-20(12-24)16(10-22)11-23/h3-9,13,25H,1-2H3,(H,26,27). The van der Waals surface area contributed by atoms with Crippen molar-refractivity contribution in [2.45, 2.75) is 19.8 Å². The molecule has 1 heterocycles. The topological polar surface area (TPSA) is 112 Å². The van der Waals surface area contributed by atoms with E-state index < -0.39 is 0 Å². The Labute approximate surface area is 157 Å². The van der Waals surface area contributed by atoms with Gasteiger partial charge in [0.1, 0.15) is 29.7 Å². The van der Waals surface area contributed by atoms with Crippen LogP contribution in [0.4, 0.5) is 5.69 Å². The summed E-state index contributed by atoms with van der Waals surface area (Å²) in [6, 6.07) is 18.7. The second kappa shape index (κ2) is 7.44. The van der Waals surface area contributed by atoms with Gasteiger partial charge in [-0.15, -0.1) is 0 Å². The van der Waals surface area contributed by atoms with Gasteiger partial charge < -0.3 is 10.3 Å². The average Bonchev–Trinajstić information content (AvgIpc) is 3.11. The van der Waals surface area contributed by atoms with Crippen molar-refractivity contribution >= 4 is 16.7 Å². The molecular formula is C21H16N6. The number of nitrogens with one attached hydrogen (secondary N) is 2. The van der Waals surface area contributed by atoms with Crippen molar-refractivity contribution in [3.63, 3.8) is 0 Å². The second-order valence-corrected chi connectivity index (χ2v) is 6.30. The molecule has 3 rings (SSSR count). The third-order valence-electron chi connectivity index (χ3n) is 4.19. The molecule has 0 aliphatic carbocycles. The average molecular weight is 352 g/mol. The first kappa shape index (κ1) is 17.7. The fraction of sp³-hybridized carbons (Fsp3) is 0.143. The molecule has 0 saturated carbocycles. The number of anilines is 1. The lowest BCUT2D eigenvalue weighted by Gasteiger charge is -2.05. The van der Waals surface area contributed by atoms with Gasteiger partial charge in [0, 0.05) is 11.3 Å². The predicted octanol–water partition coefficient (Wildman–Crippen LogP) is 4.59. The molecule has 0 unspecified atom stereocenters. The molecule has 130 valence electrons. The summed E-state index contributed by atoms with van der Waals surface area (Å²) in [6.45, 7) is 4.30. The number of nitrogens with zero attached hydrogens (tertiary/aromatic N) is 4. The van der Waals surface area contributed by atoms with Crippen LogP contribution in [0.25, 0.3) is 22.4 Å².